The van der Waals surface area contributed by atoms with Crippen molar-refractivity contribution >= 4 is 40.0 Å². The molecule has 0 heterocycles. The molecule has 0 aromatic heterocycles. The predicted molar refractivity (Wildman–Crippen MR) is 110 cm³/mol. The molecule has 0 aromatic rings. The van der Waals surface area contributed by atoms with Gasteiger partial charge in [-0.05, 0) is 72.3 Å². The average molecular weight is 425 g/mol. The van der Waals surface area contributed by atoms with Crippen LogP contribution >= 0.6 is 0 Å². The summed E-state index contributed by atoms with van der Waals surface area (Å²) in [7, 11) is -9.86. The maximum atomic E-state index is 12.2. The molecule has 0 aliphatic rings. The lowest BCUT2D eigenvalue weighted by atomic mass is 10.2. The molecule has 0 saturated heterocycles. The zero-order valence-electron chi connectivity index (χ0n) is 17.7. The van der Waals surface area contributed by atoms with Gasteiger partial charge >= 0.3 is 15.0 Å². The third-order valence-corrected chi connectivity index (χ3v) is 13.0. The second kappa shape index (κ2) is 9.22. The van der Waals surface area contributed by atoms with Crippen LogP contribution in [-0.2, 0) is 26.6 Å². The highest BCUT2D eigenvalue weighted by Gasteiger charge is 2.56. The summed E-state index contributed by atoms with van der Waals surface area (Å²) >= 11 is 0. The second-order valence-electron chi connectivity index (χ2n) is 8.89. The Hall–Kier alpha value is -0.0825. The largest absolute Gasteiger partial charge is 0.685 e. The van der Waals surface area contributed by atoms with Gasteiger partial charge in [-0.15, -0.1) is 4.58 Å². The highest BCUT2D eigenvalue weighted by Crippen LogP contribution is 2.27. The zero-order chi connectivity index (χ0) is 20.1. The monoisotopic (exact) mass is 424 g/mol. The molecule has 0 atom stereocenters. The van der Waals surface area contributed by atoms with Crippen LogP contribution in [0.5, 0.6) is 0 Å². The maximum Gasteiger partial charge on any atom is 0.685 e. The van der Waals surface area contributed by atoms with Crippen LogP contribution < -0.4 is 0 Å². The Labute approximate surface area is 157 Å². The fourth-order valence-electron chi connectivity index (χ4n) is 1.78. The van der Waals surface area contributed by atoms with Crippen molar-refractivity contribution < 1.29 is 26.6 Å². The molecule has 0 aliphatic heterocycles. The lowest BCUT2D eigenvalue weighted by molar-refractivity contribution is -0.240. The highest BCUT2D eigenvalue weighted by atomic mass is 28.5. The Balaban J connectivity index is 5.65. The van der Waals surface area contributed by atoms with Crippen LogP contribution in [0.15, 0.2) is 11.6 Å². The van der Waals surface area contributed by atoms with Gasteiger partial charge in [-0.1, -0.05) is 13.0 Å². The Bertz CT molecular complexity index is 433. The summed E-state index contributed by atoms with van der Waals surface area (Å²) in [6, 6.07) is 0. The van der Waals surface area contributed by atoms with Gasteiger partial charge < -0.3 is 12.3 Å². The van der Waals surface area contributed by atoms with Crippen LogP contribution in [0.4, 0.5) is 0 Å². The summed E-state index contributed by atoms with van der Waals surface area (Å²) in [5, 5.41) is 0. The minimum atomic E-state index is -3.62. The zero-order valence-corrected chi connectivity index (χ0v) is 21.7. The predicted octanol–water partition coefficient (Wildman–Crippen LogP) is 4.81. The van der Waals surface area contributed by atoms with E-state index in [0.717, 1.165) is 6.42 Å². The van der Waals surface area contributed by atoms with Crippen LogP contribution in [0.3, 0.4) is 0 Å². The van der Waals surface area contributed by atoms with Crippen molar-refractivity contribution in [3.63, 3.8) is 0 Å². The number of carbonyl (C=O) groups excluding carboxylic acids is 1. The van der Waals surface area contributed by atoms with E-state index in [9.17, 15) is 4.79 Å². The first-order valence-corrected chi connectivity index (χ1v) is 20.5. The first-order chi connectivity index (χ1) is 11.0. The quantitative estimate of drug-likeness (QED) is 0.217. The first kappa shape index (κ1) is 24.9. The summed E-state index contributed by atoms with van der Waals surface area (Å²) in [5.74, 6) is -0.545. The number of hydrogen-bond donors (Lipinski definition) is 0. The van der Waals surface area contributed by atoms with E-state index in [1.165, 1.54) is 0 Å². The molecule has 0 aromatic carbocycles. The van der Waals surface area contributed by atoms with E-state index in [2.05, 4.69) is 0 Å². The molecule has 6 nitrogen and oxygen atoms in total. The smallest absolute Gasteiger partial charge is 0.394 e. The molecule has 0 bridgehead atoms. The molecule has 0 spiro atoms. The summed E-state index contributed by atoms with van der Waals surface area (Å²) in [6.07, 6.45) is 2.53. The molecule has 10 heteroatoms. The molecule has 0 rings (SSSR count). The summed E-state index contributed by atoms with van der Waals surface area (Å²) in [4.78, 5) is 17.3. The van der Waals surface area contributed by atoms with E-state index in [1.54, 1.807) is 13.0 Å². The summed E-state index contributed by atoms with van der Waals surface area (Å²) < 4.78 is 24.3. The Morgan fingerprint density at radius 3 is 1.44 bits per heavy atom. The number of rotatable bonds is 10. The average Bonchev–Trinajstić information content (AvgIpc) is 2.29. The van der Waals surface area contributed by atoms with Crippen molar-refractivity contribution in [2.75, 3.05) is 0 Å². The number of hydrogen-bond acceptors (Lipinski definition) is 6. The highest BCUT2D eigenvalue weighted by molar-refractivity contribution is 6.87. The third-order valence-electron chi connectivity index (χ3n) is 2.35. The van der Waals surface area contributed by atoms with Crippen molar-refractivity contribution in [1.82, 2.24) is 0 Å². The van der Waals surface area contributed by atoms with Crippen LogP contribution in [0, 0.1) is 0 Å². The van der Waals surface area contributed by atoms with Gasteiger partial charge in [0.1, 0.15) is 0 Å². The van der Waals surface area contributed by atoms with Gasteiger partial charge in [0.25, 0.3) is 0 Å². The molecule has 0 amide bonds. The normalized spacial score (nSPS) is 14.6. The van der Waals surface area contributed by atoms with Crippen molar-refractivity contribution in [2.45, 2.75) is 79.2 Å². The molecule has 0 saturated carbocycles. The Kier molecular flexibility index (Phi) is 9.19. The molecule has 0 N–H and O–H groups in total. The van der Waals surface area contributed by atoms with Gasteiger partial charge in [-0.3, -0.25) is 4.89 Å². The number of allylic oxidation sites excluding steroid dienone is 1. The minimum absolute atomic E-state index is 0.486. The first-order valence-electron chi connectivity index (χ1n) is 8.66. The summed E-state index contributed by atoms with van der Waals surface area (Å²) in [5.41, 5.74) is 0.486. The van der Waals surface area contributed by atoms with Gasteiger partial charge in [0.05, 0.1) is 0 Å². The molecular formula is C15H36O6Si4. The van der Waals surface area contributed by atoms with Gasteiger partial charge in [-0.25, -0.2) is 4.79 Å². The van der Waals surface area contributed by atoms with Crippen LogP contribution in [0.1, 0.15) is 20.3 Å². The number of carbonyl (C=O) groups is 1. The van der Waals surface area contributed by atoms with Gasteiger partial charge in [0.2, 0.25) is 0 Å². The van der Waals surface area contributed by atoms with E-state index >= 15 is 0 Å². The SMILES string of the molecule is CCC=C(C)C(=O)OO[Si](O[Si](C)(C)C)(O[Si](C)(C)C)O[Si](C)(C)C. The van der Waals surface area contributed by atoms with E-state index < -0.39 is 40.0 Å². The van der Waals surface area contributed by atoms with Crippen molar-refractivity contribution in [3.8, 4) is 0 Å². The molecule has 0 aliphatic carbocycles. The molecule has 148 valence electrons. The molecular weight excluding hydrogens is 389 g/mol. The standard InChI is InChI=1S/C15H36O6Si4/c1-12-13-14(2)15(16)17-18-25(19-22(3,4)5,20-23(6,7)8)21-24(9,10)11/h13H,12H2,1-11H3. The van der Waals surface area contributed by atoms with Crippen LogP contribution in [0.25, 0.3) is 0 Å². The maximum absolute atomic E-state index is 12.2. The van der Waals surface area contributed by atoms with E-state index in [4.69, 9.17) is 21.8 Å². The summed E-state index contributed by atoms with van der Waals surface area (Å²) in [6.45, 7) is 21.9. The van der Waals surface area contributed by atoms with Gasteiger partial charge in [0.15, 0.2) is 25.0 Å². The van der Waals surface area contributed by atoms with Crippen molar-refractivity contribution in [3.05, 3.63) is 11.6 Å². The fraction of sp³-hybridized carbons (Fsp3) is 0.800. The lowest BCUT2D eigenvalue weighted by Crippen LogP contribution is -2.62. The van der Waals surface area contributed by atoms with Gasteiger partial charge in [-0.2, -0.15) is 0 Å². The van der Waals surface area contributed by atoms with E-state index in [1.807, 2.05) is 65.8 Å². The molecule has 25 heavy (non-hydrogen) atoms. The van der Waals surface area contributed by atoms with Crippen molar-refractivity contribution in [1.29, 1.82) is 0 Å². The van der Waals surface area contributed by atoms with E-state index in [0.29, 0.717) is 5.57 Å². The topological polar surface area (TPSA) is 63.2 Å². The van der Waals surface area contributed by atoms with Crippen molar-refractivity contribution in [2.24, 2.45) is 0 Å². The van der Waals surface area contributed by atoms with Gasteiger partial charge in [0, 0.05) is 5.57 Å². The Morgan fingerprint density at radius 1 is 0.800 bits per heavy atom. The van der Waals surface area contributed by atoms with E-state index in [-0.39, 0.29) is 0 Å². The van der Waals surface area contributed by atoms with Crippen LogP contribution in [-0.4, -0.2) is 40.0 Å². The Morgan fingerprint density at radius 2 is 1.16 bits per heavy atom. The third kappa shape index (κ3) is 12.0. The molecule has 0 radical (unpaired) electrons. The van der Waals surface area contributed by atoms with Crippen LogP contribution in [0.2, 0.25) is 58.9 Å². The fourth-order valence-corrected chi connectivity index (χ4v) is 13.0. The minimum Gasteiger partial charge on any atom is -0.394 e. The lowest BCUT2D eigenvalue weighted by Gasteiger charge is -2.39. The molecule has 0 fully saturated rings. The second-order valence-corrected chi connectivity index (χ2v) is 25.2. The molecule has 0 unspecified atom stereocenters.